The van der Waals surface area contributed by atoms with E-state index >= 15 is 0 Å². The number of methoxy groups -OCH3 is 1. The van der Waals surface area contributed by atoms with E-state index in [9.17, 15) is 9.59 Å². The van der Waals surface area contributed by atoms with Gasteiger partial charge in [0, 0.05) is 52.0 Å². The van der Waals surface area contributed by atoms with Crippen LogP contribution in [-0.4, -0.2) is 63.1 Å². The molecule has 0 spiro atoms. The highest BCUT2D eigenvalue weighted by atomic mass is 16.5. The molecule has 154 valence electrons. The third-order valence-corrected chi connectivity index (χ3v) is 4.92. The average Bonchev–Trinajstić information content (AvgIpc) is 3.08. The maximum absolute atomic E-state index is 12.3. The Labute approximate surface area is 167 Å². The van der Waals surface area contributed by atoms with E-state index in [1.807, 2.05) is 23.1 Å². The molecule has 0 aromatic heterocycles. The summed E-state index contributed by atoms with van der Waals surface area (Å²) in [6.45, 7) is 3.01. The van der Waals surface area contributed by atoms with Gasteiger partial charge in [-0.2, -0.15) is 0 Å². The van der Waals surface area contributed by atoms with E-state index in [-0.39, 0.29) is 11.9 Å². The fourth-order valence-electron chi connectivity index (χ4n) is 3.28. The van der Waals surface area contributed by atoms with Gasteiger partial charge in [0.2, 0.25) is 5.91 Å². The lowest BCUT2D eigenvalue weighted by atomic mass is 10.1. The predicted molar refractivity (Wildman–Crippen MR) is 110 cm³/mol. The number of unbranched alkanes of at least 4 members (excludes halogenated alkanes) is 1. The number of nitrogens with one attached hydrogen (secondary N) is 2. The third-order valence-electron chi connectivity index (χ3n) is 4.92. The molecule has 1 fully saturated rings. The van der Waals surface area contributed by atoms with Gasteiger partial charge in [-0.3, -0.25) is 14.6 Å². The molecule has 1 aromatic rings. The summed E-state index contributed by atoms with van der Waals surface area (Å²) in [4.78, 5) is 29.5. The van der Waals surface area contributed by atoms with Crippen LogP contribution in [0, 0.1) is 5.92 Å². The first kappa shape index (κ1) is 21.7. The Balaban J connectivity index is 1.63. The van der Waals surface area contributed by atoms with E-state index in [4.69, 9.17) is 0 Å². The topological polar surface area (TPSA) is 83.0 Å². The molecule has 0 aliphatic carbocycles. The maximum Gasteiger partial charge on any atom is 0.305 e. The molecule has 1 unspecified atom stereocenters. The van der Waals surface area contributed by atoms with Crippen LogP contribution in [0.3, 0.4) is 0 Å². The van der Waals surface area contributed by atoms with Crippen molar-refractivity contribution in [3.8, 4) is 0 Å². The van der Waals surface area contributed by atoms with E-state index in [0.29, 0.717) is 18.8 Å². The molecule has 1 aliphatic rings. The summed E-state index contributed by atoms with van der Waals surface area (Å²) in [5, 5.41) is 6.55. The molecule has 28 heavy (non-hydrogen) atoms. The number of likely N-dealkylation sites (tertiary alicyclic amines) is 1. The summed E-state index contributed by atoms with van der Waals surface area (Å²) in [5.74, 6) is 1.08. The fraction of sp³-hybridized carbons (Fsp3) is 0.571. The average molecular weight is 389 g/mol. The molecular formula is C21H32N4O3. The lowest BCUT2D eigenvalue weighted by molar-refractivity contribution is -0.140. The summed E-state index contributed by atoms with van der Waals surface area (Å²) in [6, 6.07) is 10.3. The standard InChI is InChI=1S/C21H32N4O3/c1-22-21(23-12-7-6-10-20(27)28-2)24-15-18-14-19(26)25(16-18)13-11-17-8-4-3-5-9-17/h3-5,8-9,18H,6-7,10-16H2,1-2H3,(H2,22,23,24). The second kappa shape index (κ2) is 12.0. The van der Waals surface area contributed by atoms with Gasteiger partial charge in [0.25, 0.3) is 0 Å². The molecular weight excluding hydrogens is 356 g/mol. The summed E-state index contributed by atoms with van der Waals surface area (Å²) in [7, 11) is 3.14. The van der Waals surface area contributed by atoms with Crippen molar-refractivity contribution < 1.29 is 14.3 Å². The van der Waals surface area contributed by atoms with Crippen LogP contribution in [0.1, 0.15) is 31.2 Å². The van der Waals surface area contributed by atoms with Gasteiger partial charge >= 0.3 is 5.97 Å². The Kier molecular flexibility index (Phi) is 9.31. The first-order chi connectivity index (χ1) is 13.6. The highest BCUT2D eigenvalue weighted by molar-refractivity contribution is 5.80. The molecule has 2 N–H and O–H groups in total. The van der Waals surface area contributed by atoms with Crippen LogP contribution < -0.4 is 10.6 Å². The van der Waals surface area contributed by atoms with Crippen LogP contribution in [0.2, 0.25) is 0 Å². The smallest absolute Gasteiger partial charge is 0.305 e. The van der Waals surface area contributed by atoms with Gasteiger partial charge < -0.3 is 20.3 Å². The summed E-state index contributed by atoms with van der Waals surface area (Å²) in [6.07, 6.45) is 3.56. The first-order valence-corrected chi connectivity index (χ1v) is 9.95. The zero-order chi connectivity index (χ0) is 20.2. The highest BCUT2D eigenvalue weighted by Gasteiger charge is 2.29. The molecule has 1 aliphatic heterocycles. The van der Waals surface area contributed by atoms with Crippen LogP contribution in [0.25, 0.3) is 0 Å². The number of benzene rings is 1. The number of guanidine groups is 1. The van der Waals surface area contributed by atoms with E-state index in [1.54, 1.807) is 7.05 Å². The Hall–Kier alpha value is -2.57. The van der Waals surface area contributed by atoms with Crippen molar-refractivity contribution in [2.24, 2.45) is 10.9 Å². The second-order valence-corrected chi connectivity index (χ2v) is 7.06. The summed E-state index contributed by atoms with van der Waals surface area (Å²) in [5.41, 5.74) is 1.26. The van der Waals surface area contributed by atoms with Crippen molar-refractivity contribution in [1.82, 2.24) is 15.5 Å². The third kappa shape index (κ3) is 7.58. The van der Waals surface area contributed by atoms with Crippen LogP contribution in [0.5, 0.6) is 0 Å². The molecule has 7 nitrogen and oxygen atoms in total. The number of hydrogen-bond donors (Lipinski definition) is 2. The Morgan fingerprint density at radius 1 is 1.25 bits per heavy atom. The summed E-state index contributed by atoms with van der Waals surface area (Å²) >= 11 is 0. The van der Waals surface area contributed by atoms with Crippen molar-refractivity contribution in [1.29, 1.82) is 0 Å². The van der Waals surface area contributed by atoms with E-state index in [1.165, 1.54) is 12.7 Å². The molecule has 1 atom stereocenters. The number of ether oxygens (including phenoxy) is 1. The van der Waals surface area contributed by atoms with Crippen LogP contribution >= 0.6 is 0 Å². The number of rotatable bonds is 10. The number of aliphatic imine (C=N–C) groups is 1. The van der Waals surface area contributed by atoms with Gasteiger partial charge in [-0.05, 0) is 24.8 Å². The molecule has 7 heteroatoms. The lowest BCUT2D eigenvalue weighted by Gasteiger charge is -2.18. The molecule has 2 rings (SSSR count). The van der Waals surface area contributed by atoms with Crippen LogP contribution in [0.4, 0.5) is 0 Å². The molecule has 1 heterocycles. The number of amides is 1. The van der Waals surface area contributed by atoms with Gasteiger partial charge in [-0.1, -0.05) is 30.3 Å². The van der Waals surface area contributed by atoms with Gasteiger partial charge in [-0.15, -0.1) is 0 Å². The van der Waals surface area contributed by atoms with Gasteiger partial charge in [-0.25, -0.2) is 0 Å². The Bertz CT molecular complexity index is 648. The Morgan fingerprint density at radius 3 is 2.75 bits per heavy atom. The second-order valence-electron chi connectivity index (χ2n) is 7.06. The van der Waals surface area contributed by atoms with Crippen molar-refractivity contribution in [3.05, 3.63) is 35.9 Å². The fourth-order valence-corrected chi connectivity index (χ4v) is 3.28. The molecule has 1 saturated heterocycles. The zero-order valence-corrected chi connectivity index (χ0v) is 16.9. The highest BCUT2D eigenvalue weighted by Crippen LogP contribution is 2.17. The van der Waals surface area contributed by atoms with Crippen molar-refractivity contribution in [2.45, 2.75) is 32.1 Å². The predicted octanol–water partition coefficient (Wildman–Crippen LogP) is 1.59. The Morgan fingerprint density at radius 2 is 2.04 bits per heavy atom. The minimum absolute atomic E-state index is 0.176. The lowest BCUT2D eigenvalue weighted by Crippen LogP contribution is -2.40. The number of nitrogens with zero attached hydrogens (tertiary/aromatic N) is 2. The van der Waals surface area contributed by atoms with Gasteiger partial charge in [0.15, 0.2) is 5.96 Å². The molecule has 0 radical (unpaired) electrons. The van der Waals surface area contributed by atoms with Crippen molar-refractivity contribution >= 4 is 17.8 Å². The van der Waals surface area contributed by atoms with Crippen molar-refractivity contribution in [2.75, 3.05) is 40.3 Å². The first-order valence-electron chi connectivity index (χ1n) is 9.95. The van der Waals surface area contributed by atoms with E-state index in [2.05, 4.69) is 32.5 Å². The largest absolute Gasteiger partial charge is 0.469 e. The van der Waals surface area contributed by atoms with E-state index < -0.39 is 0 Å². The van der Waals surface area contributed by atoms with Gasteiger partial charge in [0.1, 0.15) is 0 Å². The number of carbonyl (C=O) groups is 2. The normalized spacial score (nSPS) is 16.9. The molecule has 1 amide bonds. The molecule has 1 aromatic carbocycles. The molecule has 0 saturated carbocycles. The number of carbonyl (C=O) groups excluding carboxylic acids is 2. The number of hydrogen-bond acceptors (Lipinski definition) is 4. The zero-order valence-electron chi connectivity index (χ0n) is 16.9. The number of esters is 1. The maximum atomic E-state index is 12.3. The summed E-state index contributed by atoms with van der Waals surface area (Å²) < 4.78 is 4.63. The molecule has 0 bridgehead atoms. The minimum Gasteiger partial charge on any atom is -0.469 e. The van der Waals surface area contributed by atoms with E-state index in [0.717, 1.165) is 51.4 Å². The monoisotopic (exact) mass is 388 g/mol. The quantitative estimate of drug-likeness (QED) is 0.275. The van der Waals surface area contributed by atoms with Crippen molar-refractivity contribution in [3.63, 3.8) is 0 Å². The van der Waals surface area contributed by atoms with Gasteiger partial charge in [0.05, 0.1) is 7.11 Å². The van der Waals surface area contributed by atoms with Crippen LogP contribution in [-0.2, 0) is 20.7 Å². The van der Waals surface area contributed by atoms with Crippen LogP contribution in [0.15, 0.2) is 35.3 Å². The minimum atomic E-state index is -0.176. The SMILES string of the molecule is CN=C(NCCCCC(=O)OC)NCC1CC(=O)N(CCc2ccccc2)C1.